The third-order valence-electron chi connectivity index (χ3n) is 4.97. The van der Waals surface area contributed by atoms with Crippen molar-refractivity contribution in [1.82, 2.24) is 10.6 Å². The molecule has 1 aliphatic carbocycles. The Hall–Kier alpha value is -3.03. The Labute approximate surface area is 174 Å². The minimum absolute atomic E-state index is 0.0748. The van der Waals surface area contributed by atoms with E-state index in [9.17, 15) is 14.4 Å². The second kappa shape index (κ2) is 8.77. The molecule has 0 radical (unpaired) electrons. The second-order valence-electron chi connectivity index (χ2n) is 8.47. The Kier molecular flexibility index (Phi) is 6.34. The first kappa shape index (κ1) is 21.7. The third kappa shape index (κ3) is 5.31. The van der Waals surface area contributed by atoms with Gasteiger partial charge >= 0.3 is 11.7 Å². The molecule has 1 aliphatic rings. The average molecular weight is 416 g/mol. The first-order valence-electron chi connectivity index (χ1n) is 10.1. The van der Waals surface area contributed by atoms with Crippen molar-refractivity contribution < 1.29 is 23.5 Å². The Bertz CT molecular complexity index is 991. The lowest BCUT2D eigenvalue weighted by Gasteiger charge is -2.33. The number of carbonyl (C=O) groups is 2. The van der Waals surface area contributed by atoms with Crippen LogP contribution in [0.3, 0.4) is 0 Å². The minimum atomic E-state index is -0.722. The maximum atomic E-state index is 12.8. The van der Waals surface area contributed by atoms with Crippen molar-refractivity contribution in [3.8, 4) is 5.75 Å². The van der Waals surface area contributed by atoms with E-state index in [1.807, 2.05) is 0 Å². The van der Waals surface area contributed by atoms with Crippen LogP contribution in [0.5, 0.6) is 5.75 Å². The summed E-state index contributed by atoms with van der Waals surface area (Å²) in [5.74, 6) is 0.0328. The molecule has 0 saturated heterocycles. The topological polar surface area (TPSA) is 107 Å². The van der Waals surface area contributed by atoms with Crippen molar-refractivity contribution in [2.45, 2.75) is 64.1 Å². The van der Waals surface area contributed by atoms with Gasteiger partial charge in [0.25, 0.3) is 5.91 Å². The minimum Gasteiger partial charge on any atom is -0.497 e. The highest BCUT2D eigenvalue weighted by Crippen LogP contribution is 2.22. The highest BCUT2D eigenvalue weighted by atomic mass is 16.6. The molecule has 2 aromatic rings. The summed E-state index contributed by atoms with van der Waals surface area (Å²) in [7, 11) is 1.52. The largest absolute Gasteiger partial charge is 0.497 e. The number of ether oxygens (including phenoxy) is 2. The zero-order valence-corrected chi connectivity index (χ0v) is 17.7. The van der Waals surface area contributed by atoms with Gasteiger partial charge in [0.1, 0.15) is 22.5 Å². The van der Waals surface area contributed by atoms with Crippen LogP contribution in [0.15, 0.2) is 33.5 Å². The van der Waals surface area contributed by atoms with Gasteiger partial charge in [-0.05, 0) is 51.8 Å². The number of fused-ring (bicyclic) bond motifs is 1. The number of carbonyl (C=O) groups excluding carboxylic acids is 2. The number of amides is 2. The van der Waals surface area contributed by atoms with E-state index in [0.717, 1.165) is 19.3 Å². The van der Waals surface area contributed by atoms with Gasteiger partial charge in [-0.15, -0.1) is 0 Å². The molecule has 2 N–H and O–H groups in total. The molecule has 3 rings (SSSR count). The highest BCUT2D eigenvalue weighted by molar-refractivity contribution is 5.97. The van der Waals surface area contributed by atoms with Gasteiger partial charge in [-0.1, -0.05) is 12.8 Å². The van der Waals surface area contributed by atoms with Gasteiger partial charge in [-0.3, -0.25) is 4.79 Å². The molecule has 0 aliphatic heterocycles. The van der Waals surface area contributed by atoms with Gasteiger partial charge in [0.15, 0.2) is 0 Å². The summed E-state index contributed by atoms with van der Waals surface area (Å²) in [5.41, 5.74) is -1.06. The normalized spacial score (nSPS) is 19.2. The molecular formula is C22H28N2O6. The first-order valence-corrected chi connectivity index (χ1v) is 10.1. The molecule has 0 unspecified atom stereocenters. The van der Waals surface area contributed by atoms with Crippen LogP contribution < -0.4 is 21.0 Å². The molecule has 1 heterocycles. The van der Waals surface area contributed by atoms with Gasteiger partial charge in [0.2, 0.25) is 0 Å². The van der Waals surface area contributed by atoms with Crippen LogP contribution in [0, 0.1) is 0 Å². The summed E-state index contributed by atoms with van der Waals surface area (Å²) < 4.78 is 15.8. The maximum Gasteiger partial charge on any atom is 0.407 e. The van der Waals surface area contributed by atoms with Gasteiger partial charge in [0, 0.05) is 17.5 Å². The van der Waals surface area contributed by atoms with E-state index in [1.165, 1.54) is 13.2 Å². The summed E-state index contributed by atoms with van der Waals surface area (Å²) >= 11 is 0. The number of alkyl carbamates (subject to hydrolysis) is 1. The van der Waals surface area contributed by atoms with E-state index in [0.29, 0.717) is 23.1 Å². The number of methoxy groups -OCH3 is 1. The molecule has 8 heteroatoms. The highest BCUT2D eigenvalue weighted by Gasteiger charge is 2.30. The summed E-state index contributed by atoms with van der Waals surface area (Å²) in [4.78, 5) is 37.4. The van der Waals surface area contributed by atoms with Crippen LogP contribution in [-0.2, 0) is 4.74 Å². The molecular weight excluding hydrogens is 388 g/mol. The zero-order chi connectivity index (χ0) is 21.9. The van der Waals surface area contributed by atoms with Crippen LogP contribution in [0.1, 0.15) is 56.8 Å². The number of rotatable bonds is 4. The molecule has 1 aromatic carbocycles. The van der Waals surface area contributed by atoms with Crippen molar-refractivity contribution in [2.75, 3.05) is 7.11 Å². The van der Waals surface area contributed by atoms with Gasteiger partial charge in [-0.25, -0.2) is 9.59 Å². The summed E-state index contributed by atoms with van der Waals surface area (Å²) in [6.45, 7) is 5.38. The number of hydrogen-bond acceptors (Lipinski definition) is 6. The fraction of sp³-hybridized carbons (Fsp3) is 0.500. The van der Waals surface area contributed by atoms with Crippen molar-refractivity contribution in [3.63, 3.8) is 0 Å². The van der Waals surface area contributed by atoms with Crippen molar-refractivity contribution >= 4 is 23.0 Å². The molecule has 2 amide bonds. The van der Waals surface area contributed by atoms with E-state index in [1.54, 1.807) is 39.0 Å². The second-order valence-corrected chi connectivity index (χ2v) is 8.47. The molecule has 30 heavy (non-hydrogen) atoms. The quantitative estimate of drug-likeness (QED) is 0.740. The molecule has 1 aromatic heterocycles. The monoisotopic (exact) mass is 416 g/mol. The summed E-state index contributed by atoms with van der Waals surface area (Å²) in [5, 5.41) is 6.35. The van der Waals surface area contributed by atoms with Crippen LogP contribution in [0.4, 0.5) is 4.79 Å². The van der Waals surface area contributed by atoms with Gasteiger partial charge < -0.3 is 24.5 Å². The molecule has 0 bridgehead atoms. The Balaban J connectivity index is 1.75. The fourth-order valence-corrected chi connectivity index (χ4v) is 3.56. The average Bonchev–Trinajstić information content (AvgIpc) is 2.66. The Morgan fingerprint density at radius 2 is 1.73 bits per heavy atom. The van der Waals surface area contributed by atoms with Crippen molar-refractivity contribution in [2.24, 2.45) is 0 Å². The molecule has 1 saturated carbocycles. The standard InChI is InChI=1S/C22H28N2O6/c1-22(2,3)30-21(27)24-17-8-6-5-7-16(17)23-19(25)15-11-13-9-10-14(28-4)12-18(13)29-20(15)26/h9-12,16-17H,5-8H2,1-4H3,(H,23,25)(H,24,27)/t16-,17-/m1/s1. The number of nitrogens with one attached hydrogen (secondary N) is 2. The third-order valence-corrected chi connectivity index (χ3v) is 4.97. The van der Waals surface area contributed by atoms with E-state index < -0.39 is 23.2 Å². The molecule has 1 fully saturated rings. The van der Waals surface area contributed by atoms with Gasteiger partial charge in [-0.2, -0.15) is 0 Å². The lowest BCUT2D eigenvalue weighted by atomic mass is 9.90. The first-order chi connectivity index (χ1) is 14.2. The zero-order valence-electron chi connectivity index (χ0n) is 17.7. The Morgan fingerprint density at radius 3 is 2.37 bits per heavy atom. The van der Waals surface area contributed by atoms with Crippen LogP contribution in [-0.4, -0.2) is 36.8 Å². The van der Waals surface area contributed by atoms with Crippen LogP contribution >= 0.6 is 0 Å². The van der Waals surface area contributed by atoms with Crippen molar-refractivity contribution in [3.05, 3.63) is 40.2 Å². The van der Waals surface area contributed by atoms with E-state index >= 15 is 0 Å². The fourth-order valence-electron chi connectivity index (χ4n) is 3.56. The Morgan fingerprint density at radius 1 is 1.07 bits per heavy atom. The molecule has 0 spiro atoms. The summed E-state index contributed by atoms with van der Waals surface area (Å²) in [6, 6.07) is 5.99. The van der Waals surface area contributed by atoms with Crippen LogP contribution in [0.25, 0.3) is 11.0 Å². The number of hydrogen-bond donors (Lipinski definition) is 2. The predicted molar refractivity (Wildman–Crippen MR) is 112 cm³/mol. The lowest BCUT2D eigenvalue weighted by Crippen LogP contribution is -2.54. The van der Waals surface area contributed by atoms with Gasteiger partial charge in [0.05, 0.1) is 13.2 Å². The summed E-state index contributed by atoms with van der Waals surface area (Å²) in [6.07, 6.45) is 2.75. The van der Waals surface area contributed by atoms with Crippen molar-refractivity contribution in [1.29, 1.82) is 0 Å². The molecule has 162 valence electrons. The SMILES string of the molecule is COc1ccc2cc(C(=O)N[C@@H]3CCCC[C@H]3NC(=O)OC(C)(C)C)c(=O)oc2c1. The molecule has 8 nitrogen and oxygen atoms in total. The number of benzene rings is 1. The lowest BCUT2D eigenvalue weighted by molar-refractivity contribution is 0.0474. The smallest absolute Gasteiger partial charge is 0.407 e. The van der Waals surface area contributed by atoms with E-state index in [4.69, 9.17) is 13.9 Å². The van der Waals surface area contributed by atoms with E-state index in [2.05, 4.69) is 10.6 Å². The predicted octanol–water partition coefficient (Wildman–Crippen LogP) is 3.37. The maximum absolute atomic E-state index is 12.8. The van der Waals surface area contributed by atoms with Crippen LogP contribution in [0.2, 0.25) is 0 Å². The molecule has 2 atom stereocenters. The van der Waals surface area contributed by atoms with E-state index in [-0.39, 0.29) is 17.6 Å².